The Morgan fingerprint density at radius 2 is 1.10 bits per heavy atom. The topological polar surface area (TPSA) is 75.6 Å². The Balaban J connectivity index is 1.98. The first kappa shape index (κ1) is 21.6. The molecule has 2 aromatic rings. The molecule has 0 amide bonds. The summed E-state index contributed by atoms with van der Waals surface area (Å²) in [5.74, 6) is 3.06. The summed E-state index contributed by atoms with van der Waals surface area (Å²) >= 11 is 0. The van der Waals surface area contributed by atoms with Gasteiger partial charge in [-0.2, -0.15) is 0 Å². The smallest absolute Gasteiger partial charge is 0.203 e. The number of aliphatic hydroxyl groups excluding tert-OH is 1. The average Bonchev–Trinajstić information content (AvgIpc) is 3.17. The van der Waals surface area contributed by atoms with Crippen molar-refractivity contribution >= 4 is 5.57 Å². The number of allylic oxidation sites excluding steroid dienone is 1. The summed E-state index contributed by atoms with van der Waals surface area (Å²) in [6.45, 7) is 0. The Kier molecular flexibility index (Phi) is 6.62. The predicted molar refractivity (Wildman–Crippen MR) is 114 cm³/mol. The Bertz CT molecular complexity index is 885. The molecule has 3 rings (SSSR count). The van der Waals surface area contributed by atoms with E-state index in [0.29, 0.717) is 40.9 Å². The SMILES string of the molecule is COc1cc(C2=CCC(c3cc(OC)c(OC)c(OC)c3)C2O)cc(OC)c1OC. The van der Waals surface area contributed by atoms with E-state index in [4.69, 9.17) is 28.4 Å². The molecule has 7 heteroatoms. The lowest BCUT2D eigenvalue weighted by atomic mass is 9.90. The summed E-state index contributed by atoms with van der Waals surface area (Å²) in [6, 6.07) is 7.43. The van der Waals surface area contributed by atoms with E-state index in [1.54, 1.807) is 42.7 Å². The molecule has 1 aliphatic carbocycles. The van der Waals surface area contributed by atoms with Crippen LogP contribution in [0.4, 0.5) is 0 Å². The first-order valence-electron chi connectivity index (χ1n) is 9.51. The van der Waals surface area contributed by atoms with E-state index < -0.39 is 6.10 Å². The maximum atomic E-state index is 11.2. The highest BCUT2D eigenvalue weighted by atomic mass is 16.5. The van der Waals surface area contributed by atoms with Gasteiger partial charge in [0, 0.05) is 5.92 Å². The second-order valence-electron chi connectivity index (χ2n) is 6.82. The Morgan fingerprint density at radius 1 is 0.667 bits per heavy atom. The summed E-state index contributed by atoms with van der Waals surface area (Å²) < 4.78 is 32.6. The third kappa shape index (κ3) is 3.73. The van der Waals surface area contributed by atoms with E-state index in [1.165, 1.54) is 0 Å². The molecule has 2 unspecified atom stereocenters. The maximum absolute atomic E-state index is 11.2. The average molecular weight is 416 g/mol. The zero-order valence-electron chi connectivity index (χ0n) is 18.1. The van der Waals surface area contributed by atoms with Crippen LogP contribution in [-0.2, 0) is 0 Å². The van der Waals surface area contributed by atoms with Crippen LogP contribution in [0.3, 0.4) is 0 Å². The number of rotatable bonds is 8. The van der Waals surface area contributed by atoms with Gasteiger partial charge in [-0.05, 0) is 47.4 Å². The van der Waals surface area contributed by atoms with Crippen molar-refractivity contribution < 1.29 is 33.5 Å². The predicted octanol–water partition coefficient (Wildman–Crippen LogP) is 3.67. The Labute approximate surface area is 176 Å². The number of hydrogen-bond donors (Lipinski definition) is 1. The zero-order chi connectivity index (χ0) is 21.8. The van der Waals surface area contributed by atoms with E-state index in [9.17, 15) is 5.11 Å². The molecular formula is C23H28O7. The van der Waals surface area contributed by atoms with Crippen molar-refractivity contribution in [2.75, 3.05) is 42.7 Å². The second-order valence-corrected chi connectivity index (χ2v) is 6.82. The van der Waals surface area contributed by atoms with E-state index in [0.717, 1.165) is 16.7 Å². The van der Waals surface area contributed by atoms with Gasteiger partial charge in [0.25, 0.3) is 0 Å². The van der Waals surface area contributed by atoms with E-state index in [2.05, 4.69) is 0 Å². The van der Waals surface area contributed by atoms with Crippen molar-refractivity contribution in [3.63, 3.8) is 0 Å². The van der Waals surface area contributed by atoms with Crippen LogP contribution in [0.5, 0.6) is 34.5 Å². The van der Waals surface area contributed by atoms with Crippen LogP contribution in [0.15, 0.2) is 30.3 Å². The van der Waals surface area contributed by atoms with Crippen molar-refractivity contribution in [3.8, 4) is 34.5 Å². The largest absolute Gasteiger partial charge is 0.493 e. The fraction of sp³-hybridized carbons (Fsp3) is 0.391. The highest BCUT2D eigenvalue weighted by molar-refractivity contribution is 5.76. The van der Waals surface area contributed by atoms with Crippen molar-refractivity contribution in [2.45, 2.75) is 18.4 Å². The molecule has 0 spiro atoms. The van der Waals surface area contributed by atoms with E-state index in [1.807, 2.05) is 30.3 Å². The highest BCUT2D eigenvalue weighted by Gasteiger charge is 2.32. The number of hydrogen-bond acceptors (Lipinski definition) is 7. The highest BCUT2D eigenvalue weighted by Crippen LogP contribution is 2.47. The van der Waals surface area contributed by atoms with Gasteiger partial charge in [0.15, 0.2) is 23.0 Å². The molecular weight excluding hydrogens is 388 g/mol. The van der Waals surface area contributed by atoms with Crippen LogP contribution in [-0.4, -0.2) is 53.9 Å². The Hall–Kier alpha value is -3.06. The van der Waals surface area contributed by atoms with Crippen LogP contribution in [0.2, 0.25) is 0 Å². The zero-order valence-corrected chi connectivity index (χ0v) is 18.1. The molecule has 0 saturated carbocycles. The lowest BCUT2D eigenvalue weighted by molar-refractivity contribution is 0.208. The molecule has 1 aliphatic rings. The van der Waals surface area contributed by atoms with Crippen molar-refractivity contribution in [3.05, 3.63) is 41.5 Å². The van der Waals surface area contributed by atoms with E-state index in [-0.39, 0.29) is 5.92 Å². The lowest BCUT2D eigenvalue weighted by Gasteiger charge is -2.22. The van der Waals surface area contributed by atoms with Crippen LogP contribution < -0.4 is 28.4 Å². The quantitative estimate of drug-likeness (QED) is 0.704. The van der Waals surface area contributed by atoms with Crippen molar-refractivity contribution in [1.29, 1.82) is 0 Å². The van der Waals surface area contributed by atoms with Crippen molar-refractivity contribution in [2.24, 2.45) is 0 Å². The van der Waals surface area contributed by atoms with Gasteiger partial charge in [0.05, 0.1) is 48.8 Å². The third-order valence-electron chi connectivity index (χ3n) is 5.40. The van der Waals surface area contributed by atoms with Crippen LogP contribution in [0.25, 0.3) is 5.57 Å². The van der Waals surface area contributed by atoms with Crippen LogP contribution in [0, 0.1) is 0 Å². The first-order chi connectivity index (χ1) is 14.5. The molecule has 30 heavy (non-hydrogen) atoms. The molecule has 1 N–H and O–H groups in total. The normalized spacial score (nSPS) is 17.9. The van der Waals surface area contributed by atoms with Crippen molar-refractivity contribution in [1.82, 2.24) is 0 Å². The van der Waals surface area contributed by atoms with Crippen LogP contribution >= 0.6 is 0 Å². The molecule has 0 aliphatic heterocycles. The molecule has 0 bridgehead atoms. The summed E-state index contributed by atoms with van der Waals surface area (Å²) in [4.78, 5) is 0. The van der Waals surface area contributed by atoms with Gasteiger partial charge >= 0.3 is 0 Å². The molecule has 0 aromatic heterocycles. The van der Waals surface area contributed by atoms with Gasteiger partial charge in [-0.3, -0.25) is 0 Å². The monoisotopic (exact) mass is 416 g/mol. The molecule has 0 saturated heterocycles. The summed E-state index contributed by atoms with van der Waals surface area (Å²) in [5.41, 5.74) is 2.51. The first-order valence-corrected chi connectivity index (χ1v) is 9.51. The standard InChI is InChI=1S/C23H28O7/c1-25-17-9-13(10-18(26-2)22(17)29-5)15-7-8-16(21(15)24)14-11-19(27-3)23(30-6)20(12-14)28-4/h7,9-12,16,21,24H,8H2,1-6H3. The van der Waals surface area contributed by atoms with Gasteiger partial charge in [-0.1, -0.05) is 6.08 Å². The number of benzene rings is 2. The summed E-state index contributed by atoms with van der Waals surface area (Å²) in [5, 5.41) is 11.2. The van der Waals surface area contributed by atoms with Gasteiger partial charge in [0.1, 0.15) is 0 Å². The minimum absolute atomic E-state index is 0.159. The number of aliphatic hydroxyl groups is 1. The van der Waals surface area contributed by atoms with Crippen LogP contribution in [0.1, 0.15) is 23.5 Å². The molecule has 0 heterocycles. The fourth-order valence-electron chi connectivity index (χ4n) is 3.89. The minimum atomic E-state index is -0.726. The van der Waals surface area contributed by atoms with Gasteiger partial charge in [0.2, 0.25) is 11.5 Å². The third-order valence-corrected chi connectivity index (χ3v) is 5.40. The summed E-state index contributed by atoms with van der Waals surface area (Å²) in [6.07, 6.45) is 1.96. The molecule has 7 nitrogen and oxygen atoms in total. The van der Waals surface area contributed by atoms with Gasteiger partial charge < -0.3 is 33.5 Å². The van der Waals surface area contributed by atoms with Gasteiger partial charge in [-0.25, -0.2) is 0 Å². The molecule has 2 atom stereocenters. The fourth-order valence-corrected chi connectivity index (χ4v) is 3.89. The second kappa shape index (κ2) is 9.17. The van der Waals surface area contributed by atoms with E-state index >= 15 is 0 Å². The number of ether oxygens (including phenoxy) is 6. The van der Waals surface area contributed by atoms with Gasteiger partial charge in [-0.15, -0.1) is 0 Å². The summed E-state index contributed by atoms with van der Waals surface area (Å²) in [7, 11) is 9.41. The molecule has 0 radical (unpaired) electrons. The molecule has 0 fully saturated rings. The molecule has 2 aromatic carbocycles. The lowest BCUT2D eigenvalue weighted by Crippen LogP contribution is -2.15. The molecule has 162 valence electrons. The maximum Gasteiger partial charge on any atom is 0.203 e. The number of methoxy groups -OCH3 is 6. The minimum Gasteiger partial charge on any atom is -0.493 e. The Morgan fingerprint density at radius 3 is 1.50 bits per heavy atom.